The molecule has 7 nitrogen and oxygen atoms in total. The number of carbonyl (C=O) groups is 2. The van der Waals surface area contributed by atoms with Gasteiger partial charge in [0.2, 0.25) is 5.91 Å². The van der Waals surface area contributed by atoms with Crippen LogP contribution in [-0.4, -0.2) is 68.0 Å². The van der Waals surface area contributed by atoms with Gasteiger partial charge in [-0.3, -0.25) is 9.59 Å². The third-order valence-corrected chi connectivity index (χ3v) is 5.82. The van der Waals surface area contributed by atoms with Gasteiger partial charge in [-0.25, -0.2) is 4.98 Å². The lowest BCUT2D eigenvalue weighted by Gasteiger charge is -2.55. The van der Waals surface area contributed by atoms with Crippen molar-refractivity contribution in [1.29, 1.82) is 0 Å². The van der Waals surface area contributed by atoms with Crippen molar-refractivity contribution >= 4 is 11.8 Å². The van der Waals surface area contributed by atoms with Crippen LogP contribution >= 0.6 is 0 Å². The minimum absolute atomic E-state index is 0.00721. The van der Waals surface area contributed by atoms with Crippen LogP contribution in [0.5, 0.6) is 0 Å². The summed E-state index contributed by atoms with van der Waals surface area (Å²) in [5, 5.41) is 10.6. The molecule has 132 valence electrons. The number of rotatable bonds is 1. The van der Waals surface area contributed by atoms with Gasteiger partial charge < -0.3 is 19.9 Å². The lowest BCUT2D eigenvalue weighted by molar-refractivity contribution is -0.156. The lowest BCUT2D eigenvalue weighted by Crippen LogP contribution is -2.64. The number of aromatic nitrogens is 2. The molecule has 0 bridgehead atoms. The first-order valence-corrected chi connectivity index (χ1v) is 8.50. The van der Waals surface area contributed by atoms with Crippen molar-refractivity contribution in [3.63, 3.8) is 0 Å². The Labute approximate surface area is 142 Å². The van der Waals surface area contributed by atoms with E-state index in [1.165, 1.54) is 0 Å². The number of nitrogens with one attached hydrogen (secondary N) is 1. The van der Waals surface area contributed by atoms with E-state index >= 15 is 0 Å². The average Bonchev–Trinajstić information content (AvgIpc) is 3.05. The predicted octanol–water partition coefficient (Wildman–Crippen LogP) is 1.02. The Morgan fingerprint density at radius 1 is 1.33 bits per heavy atom. The fraction of sp³-hybridized carbons (Fsp3) is 0.706. The molecule has 2 amide bonds. The Kier molecular flexibility index (Phi) is 4.15. The zero-order valence-electron chi connectivity index (χ0n) is 14.6. The van der Waals surface area contributed by atoms with Crippen molar-refractivity contribution < 1.29 is 14.7 Å². The number of aliphatic hydroxyl groups is 1. The molecule has 2 fully saturated rings. The fourth-order valence-electron chi connectivity index (χ4n) is 4.04. The van der Waals surface area contributed by atoms with Crippen LogP contribution in [0, 0.1) is 5.41 Å². The second-order valence-corrected chi connectivity index (χ2v) is 7.71. The Balaban J connectivity index is 1.71. The van der Waals surface area contributed by atoms with Gasteiger partial charge in [-0.15, -0.1) is 0 Å². The van der Waals surface area contributed by atoms with E-state index in [-0.39, 0.29) is 17.2 Å². The molecule has 2 aliphatic rings. The van der Waals surface area contributed by atoms with E-state index in [4.69, 9.17) is 0 Å². The summed E-state index contributed by atoms with van der Waals surface area (Å²) in [7, 11) is 0. The molecule has 0 aliphatic carbocycles. The first kappa shape index (κ1) is 17.0. The van der Waals surface area contributed by atoms with Crippen molar-refractivity contribution in [3.05, 3.63) is 18.2 Å². The Hall–Kier alpha value is -1.89. The van der Waals surface area contributed by atoms with Gasteiger partial charge in [-0.1, -0.05) is 0 Å². The Morgan fingerprint density at radius 3 is 2.54 bits per heavy atom. The topological polar surface area (TPSA) is 89.5 Å². The van der Waals surface area contributed by atoms with Gasteiger partial charge in [0.05, 0.1) is 11.6 Å². The highest BCUT2D eigenvalue weighted by Gasteiger charge is 2.50. The monoisotopic (exact) mass is 334 g/mol. The minimum Gasteiger partial charge on any atom is -0.391 e. The van der Waals surface area contributed by atoms with Gasteiger partial charge in [-0.05, 0) is 38.5 Å². The molecule has 24 heavy (non-hydrogen) atoms. The van der Waals surface area contributed by atoms with Gasteiger partial charge in [0, 0.05) is 39.0 Å². The van der Waals surface area contributed by atoms with E-state index < -0.39 is 11.6 Å². The lowest BCUT2D eigenvalue weighted by atomic mass is 9.67. The van der Waals surface area contributed by atoms with Crippen LogP contribution in [0.25, 0.3) is 0 Å². The number of likely N-dealkylation sites (tertiary alicyclic amines) is 2. The number of aromatic amines is 1. The molecule has 0 saturated carbocycles. The summed E-state index contributed by atoms with van der Waals surface area (Å²) in [5.74, 6) is 0.267. The Bertz CT molecular complexity index is 618. The largest absolute Gasteiger partial charge is 0.391 e. The van der Waals surface area contributed by atoms with Crippen molar-refractivity contribution in [3.8, 4) is 0 Å². The highest BCUT2D eigenvalue weighted by atomic mass is 16.3. The van der Waals surface area contributed by atoms with Crippen molar-refractivity contribution in [1.82, 2.24) is 19.8 Å². The molecule has 1 spiro atoms. The van der Waals surface area contributed by atoms with Crippen LogP contribution in [0.3, 0.4) is 0 Å². The summed E-state index contributed by atoms with van der Waals surface area (Å²) in [5.41, 5.74) is -0.654. The van der Waals surface area contributed by atoms with Gasteiger partial charge in [0.15, 0.2) is 5.82 Å². The van der Waals surface area contributed by atoms with E-state index in [1.54, 1.807) is 29.1 Å². The molecule has 0 aromatic carbocycles. The molecule has 0 unspecified atom stereocenters. The van der Waals surface area contributed by atoms with Crippen molar-refractivity contribution in [2.45, 2.75) is 51.7 Å². The molecule has 2 aliphatic heterocycles. The molecule has 2 saturated heterocycles. The maximum Gasteiger partial charge on any atom is 0.289 e. The maximum atomic E-state index is 12.4. The van der Waals surface area contributed by atoms with Crippen molar-refractivity contribution in [2.75, 3.05) is 19.6 Å². The van der Waals surface area contributed by atoms with Crippen LogP contribution in [0.2, 0.25) is 0 Å². The predicted molar refractivity (Wildman–Crippen MR) is 88.2 cm³/mol. The third kappa shape index (κ3) is 2.81. The Morgan fingerprint density at radius 2 is 2.00 bits per heavy atom. The molecule has 3 rings (SSSR count). The summed E-state index contributed by atoms with van der Waals surface area (Å²) in [6, 6.07) is 0. The zero-order valence-corrected chi connectivity index (χ0v) is 14.6. The fourth-order valence-corrected chi connectivity index (χ4v) is 4.04. The zero-order chi connectivity index (χ0) is 17.5. The number of hydrogen-bond acceptors (Lipinski definition) is 4. The second-order valence-electron chi connectivity index (χ2n) is 7.71. The maximum absolute atomic E-state index is 12.4. The molecule has 2 N–H and O–H groups in total. The number of H-pyrrole nitrogens is 1. The van der Waals surface area contributed by atoms with E-state index in [0.29, 0.717) is 31.9 Å². The van der Waals surface area contributed by atoms with Gasteiger partial charge in [0.1, 0.15) is 0 Å². The average molecular weight is 334 g/mol. The highest BCUT2D eigenvalue weighted by Crippen LogP contribution is 2.45. The van der Waals surface area contributed by atoms with Crippen LogP contribution in [0.4, 0.5) is 0 Å². The van der Waals surface area contributed by atoms with Crippen LogP contribution in [-0.2, 0) is 4.79 Å². The summed E-state index contributed by atoms with van der Waals surface area (Å²) < 4.78 is 0. The highest BCUT2D eigenvalue weighted by molar-refractivity contribution is 5.90. The van der Waals surface area contributed by atoms with E-state index in [0.717, 1.165) is 12.8 Å². The van der Waals surface area contributed by atoms with Crippen molar-refractivity contribution in [2.24, 2.45) is 5.41 Å². The summed E-state index contributed by atoms with van der Waals surface area (Å²) >= 11 is 0. The molecular formula is C17H26N4O3. The number of carbonyl (C=O) groups excluding carboxylic acids is 2. The van der Waals surface area contributed by atoms with Gasteiger partial charge in [0.25, 0.3) is 5.91 Å². The molecular weight excluding hydrogens is 308 g/mol. The molecule has 0 radical (unpaired) electrons. The third-order valence-electron chi connectivity index (χ3n) is 5.82. The number of imidazole rings is 1. The second kappa shape index (κ2) is 5.88. The number of hydrogen-bond donors (Lipinski definition) is 2. The minimum atomic E-state index is -0.553. The molecule has 1 aromatic heterocycles. The van der Waals surface area contributed by atoms with Crippen LogP contribution in [0.1, 0.15) is 50.7 Å². The van der Waals surface area contributed by atoms with Gasteiger partial charge >= 0.3 is 0 Å². The molecule has 1 atom stereocenters. The first-order chi connectivity index (χ1) is 11.3. The number of amides is 2. The van der Waals surface area contributed by atoms with Crippen LogP contribution in [0.15, 0.2) is 12.4 Å². The molecule has 3 heterocycles. The normalized spacial score (nSPS) is 25.8. The van der Waals surface area contributed by atoms with E-state index in [1.807, 2.05) is 13.8 Å². The summed E-state index contributed by atoms with van der Waals surface area (Å²) in [6.07, 6.45) is 4.91. The SMILES string of the molecule is CC(=O)N1CC2(CCN(C(=O)c3ncc[nH]3)CC2)C[C@H](O)C1(C)C. The number of nitrogens with zero attached hydrogens (tertiary/aromatic N) is 3. The first-order valence-electron chi connectivity index (χ1n) is 8.50. The van der Waals surface area contributed by atoms with Gasteiger partial charge in [-0.2, -0.15) is 0 Å². The van der Waals surface area contributed by atoms with Crippen LogP contribution < -0.4 is 0 Å². The molecule has 7 heteroatoms. The summed E-state index contributed by atoms with van der Waals surface area (Å²) in [4.78, 5) is 34.9. The van der Waals surface area contributed by atoms with E-state index in [2.05, 4.69) is 9.97 Å². The quantitative estimate of drug-likeness (QED) is 0.802. The van der Waals surface area contributed by atoms with E-state index in [9.17, 15) is 14.7 Å². The number of piperidine rings is 2. The summed E-state index contributed by atoms with van der Waals surface area (Å²) in [6.45, 7) is 7.29. The standard InChI is InChI=1S/C17H26N4O3/c1-12(22)21-11-17(10-13(23)16(21,2)3)4-8-20(9-5-17)15(24)14-18-6-7-19-14/h6-7,13,23H,4-5,8-11H2,1-3H3,(H,18,19)/t13-/m0/s1. The molecule has 1 aromatic rings. The smallest absolute Gasteiger partial charge is 0.289 e. The number of aliphatic hydroxyl groups excluding tert-OH is 1.